The van der Waals surface area contributed by atoms with E-state index >= 15 is 0 Å². The average Bonchev–Trinajstić information content (AvgIpc) is 3.12. The van der Waals surface area contributed by atoms with E-state index in [2.05, 4.69) is 24.2 Å². The zero-order chi connectivity index (χ0) is 15.4. The Bertz CT molecular complexity index is 532. The molecule has 2 rings (SSSR count). The average molecular weight is 305 g/mol. The Balaban J connectivity index is 1.80. The molecule has 1 saturated carbocycles. The predicted molar refractivity (Wildman–Crippen MR) is 90.3 cm³/mol. The topological polar surface area (TPSA) is 58.4 Å². The summed E-state index contributed by atoms with van der Waals surface area (Å²) in [7, 11) is 2.07. The minimum absolute atomic E-state index is 0.00519. The third-order valence-electron chi connectivity index (χ3n) is 4.01. The number of amides is 1. The van der Waals surface area contributed by atoms with E-state index in [0.717, 1.165) is 24.9 Å². The fourth-order valence-electron chi connectivity index (χ4n) is 2.46. The molecule has 0 aliphatic heterocycles. The summed E-state index contributed by atoms with van der Waals surface area (Å²) in [5.74, 6) is 1.65. The van der Waals surface area contributed by atoms with E-state index in [-0.39, 0.29) is 5.91 Å². The molecule has 0 spiro atoms. The third kappa shape index (κ3) is 4.79. The summed E-state index contributed by atoms with van der Waals surface area (Å²) in [4.78, 5) is 14.6. The van der Waals surface area contributed by atoms with Crippen LogP contribution in [0.15, 0.2) is 24.3 Å². The van der Waals surface area contributed by atoms with Gasteiger partial charge >= 0.3 is 0 Å². The van der Waals surface area contributed by atoms with E-state index in [1.165, 1.54) is 6.42 Å². The quantitative estimate of drug-likeness (QED) is 0.759. The lowest BCUT2D eigenvalue weighted by molar-refractivity contribution is -0.116. The van der Waals surface area contributed by atoms with Gasteiger partial charge in [-0.05, 0) is 37.4 Å². The van der Waals surface area contributed by atoms with Crippen molar-refractivity contribution < 1.29 is 4.79 Å². The van der Waals surface area contributed by atoms with E-state index < -0.39 is 0 Å². The predicted octanol–water partition coefficient (Wildman–Crippen LogP) is 2.24. The molecule has 2 unspecified atom stereocenters. The van der Waals surface area contributed by atoms with Crippen LogP contribution in [0.25, 0.3) is 0 Å². The molecule has 1 aliphatic rings. The number of para-hydroxylation sites is 1. The summed E-state index contributed by atoms with van der Waals surface area (Å²) in [5, 5.41) is 2.89. The van der Waals surface area contributed by atoms with E-state index in [4.69, 9.17) is 18.0 Å². The van der Waals surface area contributed by atoms with E-state index in [9.17, 15) is 4.79 Å². The van der Waals surface area contributed by atoms with Crippen LogP contribution in [0, 0.1) is 11.8 Å². The molecule has 0 heterocycles. The van der Waals surface area contributed by atoms with Crippen molar-refractivity contribution >= 4 is 28.8 Å². The van der Waals surface area contributed by atoms with Crippen molar-refractivity contribution in [2.75, 3.05) is 25.5 Å². The van der Waals surface area contributed by atoms with Crippen LogP contribution in [0.3, 0.4) is 0 Å². The van der Waals surface area contributed by atoms with E-state index in [0.29, 0.717) is 22.7 Å². The molecule has 3 N–H and O–H groups in total. The maximum atomic E-state index is 12.0. The Morgan fingerprint density at radius 1 is 1.48 bits per heavy atom. The molecule has 1 aromatic carbocycles. The first-order valence-electron chi connectivity index (χ1n) is 7.34. The number of thiocarbonyl (C=S) groups is 1. The lowest BCUT2D eigenvalue weighted by Crippen LogP contribution is -2.27. The normalized spacial score (nSPS) is 20.3. The van der Waals surface area contributed by atoms with Crippen LogP contribution < -0.4 is 11.1 Å². The molecule has 114 valence electrons. The molecule has 0 bridgehead atoms. The summed E-state index contributed by atoms with van der Waals surface area (Å²) in [5.41, 5.74) is 7.06. The smallest absolute Gasteiger partial charge is 0.225 e. The first kappa shape index (κ1) is 15.9. The molecule has 0 saturated heterocycles. The van der Waals surface area contributed by atoms with E-state index in [1.54, 1.807) is 0 Å². The van der Waals surface area contributed by atoms with Gasteiger partial charge in [0.15, 0.2) is 0 Å². The second kappa shape index (κ2) is 7.00. The van der Waals surface area contributed by atoms with Crippen LogP contribution in [0.1, 0.15) is 25.3 Å². The highest BCUT2D eigenvalue weighted by atomic mass is 32.1. The summed E-state index contributed by atoms with van der Waals surface area (Å²) in [6, 6.07) is 7.35. The van der Waals surface area contributed by atoms with Crippen molar-refractivity contribution in [1.29, 1.82) is 0 Å². The van der Waals surface area contributed by atoms with Crippen LogP contribution in [0.5, 0.6) is 0 Å². The number of benzene rings is 1. The van der Waals surface area contributed by atoms with Crippen LogP contribution in [-0.4, -0.2) is 35.9 Å². The molecule has 21 heavy (non-hydrogen) atoms. The maximum absolute atomic E-state index is 12.0. The van der Waals surface area contributed by atoms with Crippen molar-refractivity contribution in [3.8, 4) is 0 Å². The van der Waals surface area contributed by atoms with Gasteiger partial charge in [0.1, 0.15) is 4.99 Å². The minimum atomic E-state index is -0.00519. The maximum Gasteiger partial charge on any atom is 0.225 e. The summed E-state index contributed by atoms with van der Waals surface area (Å²) >= 11 is 4.99. The minimum Gasteiger partial charge on any atom is -0.389 e. The number of hydrogen-bond acceptors (Lipinski definition) is 3. The van der Waals surface area contributed by atoms with Crippen LogP contribution in [0.4, 0.5) is 5.69 Å². The van der Waals surface area contributed by atoms with Crippen molar-refractivity contribution in [2.45, 2.75) is 19.8 Å². The van der Waals surface area contributed by atoms with Crippen molar-refractivity contribution in [3.63, 3.8) is 0 Å². The second-order valence-electron chi connectivity index (χ2n) is 5.94. The highest BCUT2D eigenvalue weighted by molar-refractivity contribution is 7.80. The third-order valence-corrected chi connectivity index (χ3v) is 4.23. The molecule has 1 fully saturated rings. The molecule has 1 amide bonds. The van der Waals surface area contributed by atoms with Gasteiger partial charge in [0.2, 0.25) is 5.91 Å². The molecule has 1 aliphatic carbocycles. The molecule has 1 aromatic rings. The van der Waals surface area contributed by atoms with Gasteiger partial charge in [-0.3, -0.25) is 4.79 Å². The number of nitrogens with one attached hydrogen (secondary N) is 1. The van der Waals surface area contributed by atoms with Gasteiger partial charge in [-0.1, -0.05) is 31.3 Å². The standard InChI is InChI=1S/C16H23N3OS/c1-11-9-12(11)10-19(2)8-7-15(20)18-14-6-4-3-5-13(14)16(17)21/h3-6,11-12H,7-10H2,1-2H3,(H2,17,21)(H,18,20). The van der Waals surface area contributed by atoms with Crippen molar-refractivity contribution in [2.24, 2.45) is 17.6 Å². The number of anilines is 1. The van der Waals surface area contributed by atoms with Gasteiger partial charge in [0.05, 0.1) is 5.69 Å². The summed E-state index contributed by atoms with van der Waals surface area (Å²) in [6.45, 7) is 4.13. The zero-order valence-corrected chi connectivity index (χ0v) is 13.5. The molecule has 2 atom stereocenters. The van der Waals surface area contributed by atoms with Gasteiger partial charge in [-0.25, -0.2) is 0 Å². The largest absolute Gasteiger partial charge is 0.389 e. The second-order valence-corrected chi connectivity index (χ2v) is 6.38. The molecule has 0 radical (unpaired) electrons. The first-order valence-corrected chi connectivity index (χ1v) is 7.75. The highest BCUT2D eigenvalue weighted by Crippen LogP contribution is 2.37. The van der Waals surface area contributed by atoms with Crippen molar-refractivity contribution in [3.05, 3.63) is 29.8 Å². The summed E-state index contributed by atoms with van der Waals surface area (Å²) in [6.07, 6.45) is 1.79. The molecular weight excluding hydrogens is 282 g/mol. The van der Waals surface area contributed by atoms with Crippen LogP contribution in [-0.2, 0) is 4.79 Å². The monoisotopic (exact) mass is 305 g/mol. The van der Waals surface area contributed by atoms with Gasteiger partial charge < -0.3 is 16.0 Å². The fraction of sp³-hybridized carbons (Fsp3) is 0.500. The number of nitrogens with zero attached hydrogens (tertiary/aromatic N) is 1. The van der Waals surface area contributed by atoms with Gasteiger partial charge in [-0.2, -0.15) is 0 Å². The summed E-state index contributed by atoms with van der Waals surface area (Å²) < 4.78 is 0. The van der Waals surface area contributed by atoms with Gasteiger partial charge in [0.25, 0.3) is 0 Å². The fourth-order valence-corrected chi connectivity index (χ4v) is 2.64. The Hall–Kier alpha value is -1.46. The van der Waals surface area contributed by atoms with E-state index in [1.807, 2.05) is 24.3 Å². The Kier molecular flexibility index (Phi) is 5.31. The van der Waals surface area contributed by atoms with Crippen LogP contribution in [0.2, 0.25) is 0 Å². The number of carbonyl (C=O) groups excluding carboxylic acids is 1. The first-order chi connectivity index (χ1) is 9.97. The number of carbonyl (C=O) groups is 1. The van der Waals surface area contributed by atoms with Crippen LogP contribution >= 0.6 is 12.2 Å². The zero-order valence-electron chi connectivity index (χ0n) is 12.6. The lowest BCUT2D eigenvalue weighted by atomic mass is 10.1. The number of rotatable bonds is 7. The number of hydrogen-bond donors (Lipinski definition) is 2. The van der Waals surface area contributed by atoms with Crippen molar-refractivity contribution in [1.82, 2.24) is 4.90 Å². The molecular formula is C16H23N3OS. The number of nitrogens with two attached hydrogens (primary N) is 1. The Labute approximate surface area is 131 Å². The molecule has 4 nitrogen and oxygen atoms in total. The van der Waals surface area contributed by atoms with Gasteiger partial charge in [-0.15, -0.1) is 0 Å². The highest BCUT2D eigenvalue weighted by Gasteiger charge is 2.32. The Morgan fingerprint density at radius 3 is 2.76 bits per heavy atom. The molecule has 0 aromatic heterocycles. The SMILES string of the molecule is CC1CC1CN(C)CCC(=O)Nc1ccccc1C(N)=S. The Morgan fingerprint density at radius 2 is 2.14 bits per heavy atom. The molecule has 5 heteroatoms. The lowest BCUT2D eigenvalue weighted by Gasteiger charge is -2.16. The van der Waals surface area contributed by atoms with Gasteiger partial charge in [0, 0.05) is 25.1 Å².